The van der Waals surface area contributed by atoms with E-state index in [1.165, 1.54) is 0 Å². The van der Waals surface area contributed by atoms with E-state index >= 15 is 0 Å². The summed E-state index contributed by atoms with van der Waals surface area (Å²) in [5, 5.41) is 0. The smallest absolute Gasteiger partial charge is 0.460 e. The van der Waals surface area contributed by atoms with Gasteiger partial charge in [-0.15, -0.1) is 0 Å². The Morgan fingerprint density at radius 2 is 1.31 bits per heavy atom. The summed E-state index contributed by atoms with van der Waals surface area (Å²) in [5.74, 6) is -18.8. The van der Waals surface area contributed by atoms with Crippen molar-refractivity contribution in [2.45, 2.75) is 24.9 Å². The third-order valence-corrected chi connectivity index (χ3v) is 3.07. The van der Waals surface area contributed by atoms with Gasteiger partial charge < -0.3 is 14.2 Å². The van der Waals surface area contributed by atoms with E-state index in [4.69, 9.17) is 0 Å². The molecule has 0 saturated heterocycles. The van der Waals surface area contributed by atoms with Gasteiger partial charge in [0.05, 0.1) is 14.2 Å². The number of hydrogen-bond acceptors (Lipinski definition) is 5. The average molecular weight is 392 g/mol. The minimum Gasteiger partial charge on any atom is -0.493 e. The first-order chi connectivity index (χ1) is 11.7. The zero-order chi connectivity index (χ0) is 20.5. The van der Waals surface area contributed by atoms with Gasteiger partial charge in [-0.3, -0.25) is 4.79 Å². The monoisotopic (exact) mass is 392 g/mol. The third-order valence-electron chi connectivity index (χ3n) is 3.07. The van der Waals surface area contributed by atoms with E-state index in [-0.39, 0.29) is 5.56 Å². The number of methoxy groups -OCH3 is 2. The van der Waals surface area contributed by atoms with Crippen LogP contribution in [0.1, 0.15) is 17.3 Å². The number of rotatable bonds is 6. The molecule has 0 fully saturated rings. The predicted molar refractivity (Wildman–Crippen MR) is 71.1 cm³/mol. The zero-order valence-electron chi connectivity index (χ0n) is 13.3. The lowest BCUT2D eigenvalue weighted by Gasteiger charge is -2.26. The zero-order valence-corrected chi connectivity index (χ0v) is 13.3. The van der Waals surface area contributed by atoms with Crippen molar-refractivity contribution in [2.75, 3.05) is 14.2 Å². The molecular weight excluding hydrogens is 381 g/mol. The van der Waals surface area contributed by atoms with Crippen LogP contribution in [0.4, 0.5) is 30.7 Å². The lowest BCUT2D eigenvalue weighted by molar-refractivity contribution is -0.346. The molecule has 0 aliphatic carbocycles. The lowest BCUT2D eigenvalue weighted by Crippen LogP contribution is -2.57. The van der Waals surface area contributed by atoms with Crippen molar-refractivity contribution >= 4 is 11.8 Å². The Kier molecular flexibility index (Phi) is 5.79. The Bertz CT molecular complexity index is 687. The molecule has 0 aliphatic heterocycles. The molecule has 146 valence electrons. The maximum absolute atomic E-state index is 13.4. The molecule has 1 rings (SSSR count). The number of ether oxygens (including phenoxy) is 3. The first-order valence-corrected chi connectivity index (χ1v) is 6.52. The molecule has 1 aromatic rings. The minimum absolute atomic E-state index is 0.0918. The van der Waals surface area contributed by atoms with Crippen molar-refractivity contribution < 1.29 is 54.5 Å². The Morgan fingerprint density at radius 3 is 1.62 bits per heavy atom. The number of hydrogen-bond donors (Lipinski definition) is 0. The summed E-state index contributed by atoms with van der Waals surface area (Å²) in [6, 6.07) is 1.79. The molecule has 0 radical (unpaired) electrons. The Labute approximate surface area is 141 Å². The van der Waals surface area contributed by atoms with Crippen LogP contribution in [0.3, 0.4) is 0 Å². The molecule has 0 spiro atoms. The number of ketones is 1. The van der Waals surface area contributed by atoms with Gasteiger partial charge >= 0.3 is 24.0 Å². The normalized spacial score (nSPS) is 12.5. The number of Topliss-reactive ketones (excluding diaryl/α,β-unsaturated/α-hetero) is 1. The number of esters is 1. The van der Waals surface area contributed by atoms with E-state index in [1.54, 1.807) is 0 Å². The van der Waals surface area contributed by atoms with Crippen molar-refractivity contribution in [3.8, 4) is 17.2 Å². The number of alkyl halides is 7. The quantitative estimate of drug-likeness (QED) is 0.320. The highest BCUT2D eigenvalue weighted by molar-refractivity contribution is 5.95. The summed E-state index contributed by atoms with van der Waals surface area (Å²) in [6.07, 6.45) is -6.71. The Balaban J connectivity index is 3.38. The molecule has 0 N–H and O–H groups in total. The van der Waals surface area contributed by atoms with E-state index in [1.807, 2.05) is 0 Å². The molecule has 5 nitrogen and oxygen atoms in total. The van der Waals surface area contributed by atoms with Crippen LogP contribution in [0, 0.1) is 0 Å². The van der Waals surface area contributed by atoms with Gasteiger partial charge in [-0.2, -0.15) is 30.7 Å². The number of carbonyl (C=O) groups excluding carboxylic acids is 2. The van der Waals surface area contributed by atoms with Gasteiger partial charge in [-0.05, 0) is 19.1 Å². The molecular formula is C14H11F7O5. The molecule has 0 amide bonds. The predicted octanol–water partition coefficient (Wildman–Crippen LogP) is 3.64. The number of carbonyl (C=O) groups is 2. The third kappa shape index (κ3) is 3.68. The van der Waals surface area contributed by atoms with Crippen LogP contribution in [0.5, 0.6) is 17.2 Å². The van der Waals surface area contributed by atoms with Gasteiger partial charge in [0, 0.05) is 5.56 Å². The topological polar surface area (TPSA) is 61.8 Å². The van der Waals surface area contributed by atoms with Crippen molar-refractivity contribution in [3.05, 3.63) is 17.7 Å². The van der Waals surface area contributed by atoms with Crippen LogP contribution < -0.4 is 14.2 Å². The van der Waals surface area contributed by atoms with E-state index in [2.05, 4.69) is 14.2 Å². The molecule has 0 aliphatic rings. The van der Waals surface area contributed by atoms with Crippen LogP contribution in [0.2, 0.25) is 0 Å². The second-order valence-corrected chi connectivity index (χ2v) is 4.80. The molecule has 1 aromatic carbocycles. The number of halogens is 7. The van der Waals surface area contributed by atoms with Gasteiger partial charge in [0.25, 0.3) is 0 Å². The highest BCUT2D eigenvalue weighted by Gasteiger charge is 2.77. The summed E-state index contributed by atoms with van der Waals surface area (Å²) < 4.78 is 102. The van der Waals surface area contributed by atoms with Crippen LogP contribution in [-0.4, -0.2) is 44.0 Å². The van der Waals surface area contributed by atoms with Gasteiger partial charge in [-0.1, -0.05) is 0 Å². The highest BCUT2D eigenvalue weighted by Crippen LogP contribution is 2.48. The summed E-state index contributed by atoms with van der Waals surface area (Å²) in [7, 11) is 1.89. The van der Waals surface area contributed by atoms with Crippen molar-refractivity contribution in [1.29, 1.82) is 0 Å². The number of benzene rings is 1. The standard InChI is InChI=1S/C14H11F7O5/c1-6(22)7-4-8(24-2)10(9(5-7)25-3)26-11(23)12(15,16)13(17,18)14(19,20)21/h4-5H,1-3H3. The molecule has 0 heterocycles. The molecule has 0 unspecified atom stereocenters. The lowest BCUT2D eigenvalue weighted by atomic mass is 10.1. The molecule has 0 saturated carbocycles. The van der Waals surface area contributed by atoms with Gasteiger partial charge in [0.15, 0.2) is 17.3 Å². The van der Waals surface area contributed by atoms with Crippen LogP contribution >= 0.6 is 0 Å². The van der Waals surface area contributed by atoms with Gasteiger partial charge in [0.2, 0.25) is 5.75 Å². The first kappa shape index (κ1) is 21.5. The van der Waals surface area contributed by atoms with E-state index < -0.39 is 47.0 Å². The summed E-state index contributed by atoms with van der Waals surface area (Å²) in [4.78, 5) is 22.7. The Morgan fingerprint density at radius 1 is 0.885 bits per heavy atom. The molecule has 12 heteroatoms. The van der Waals surface area contributed by atoms with E-state index in [0.29, 0.717) is 0 Å². The first-order valence-electron chi connectivity index (χ1n) is 6.52. The Hall–Kier alpha value is -2.53. The fourth-order valence-electron chi connectivity index (χ4n) is 1.65. The molecule has 0 aromatic heterocycles. The van der Waals surface area contributed by atoms with Crippen LogP contribution in [-0.2, 0) is 4.79 Å². The van der Waals surface area contributed by atoms with Crippen molar-refractivity contribution in [3.63, 3.8) is 0 Å². The SMILES string of the molecule is COc1cc(C(C)=O)cc(OC)c1OC(=O)C(F)(F)C(F)(F)C(F)(F)F. The van der Waals surface area contributed by atoms with E-state index in [0.717, 1.165) is 33.3 Å². The summed E-state index contributed by atoms with van der Waals surface area (Å²) >= 11 is 0. The van der Waals surface area contributed by atoms with Crippen molar-refractivity contribution in [1.82, 2.24) is 0 Å². The van der Waals surface area contributed by atoms with E-state index in [9.17, 15) is 40.3 Å². The second kappa shape index (κ2) is 7.00. The fraction of sp³-hybridized carbons (Fsp3) is 0.429. The summed E-state index contributed by atoms with van der Waals surface area (Å²) in [5.41, 5.74) is -0.0918. The highest BCUT2D eigenvalue weighted by atomic mass is 19.4. The maximum atomic E-state index is 13.4. The van der Waals surface area contributed by atoms with Crippen molar-refractivity contribution in [2.24, 2.45) is 0 Å². The van der Waals surface area contributed by atoms with Gasteiger partial charge in [0.1, 0.15) is 0 Å². The second-order valence-electron chi connectivity index (χ2n) is 4.80. The molecule has 26 heavy (non-hydrogen) atoms. The fourth-order valence-corrected chi connectivity index (χ4v) is 1.65. The van der Waals surface area contributed by atoms with Crippen LogP contribution in [0.15, 0.2) is 12.1 Å². The minimum atomic E-state index is -6.71. The van der Waals surface area contributed by atoms with Gasteiger partial charge in [-0.25, -0.2) is 4.79 Å². The summed E-state index contributed by atoms with van der Waals surface area (Å²) in [6.45, 7) is 1.11. The largest absolute Gasteiger partial charge is 0.493 e. The molecule has 0 atom stereocenters. The average Bonchev–Trinajstić information content (AvgIpc) is 2.53. The van der Waals surface area contributed by atoms with Crippen LogP contribution in [0.25, 0.3) is 0 Å². The maximum Gasteiger partial charge on any atom is 0.460 e. The molecule has 0 bridgehead atoms.